The Morgan fingerprint density at radius 1 is 0.906 bits per heavy atom. The second-order valence-electron chi connectivity index (χ2n) is 7.24. The van der Waals surface area contributed by atoms with Crippen molar-refractivity contribution in [3.8, 4) is 0 Å². The number of rotatable bonds is 6. The van der Waals surface area contributed by atoms with Crippen LogP contribution in [0.5, 0.6) is 0 Å². The topological polar surface area (TPSA) is 87.3 Å². The van der Waals surface area contributed by atoms with Crippen molar-refractivity contribution in [1.82, 2.24) is 10.3 Å². The third kappa shape index (κ3) is 4.89. The quantitative estimate of drug-likeness (QED) is 0.430. The van der Waals surface area contributed by atoms with Gasteiger partial charge in [0, 0.05) is 11.8 Å². The van der Waals surface area contributed by atoms with Gasteiger partial charge in [-0.05, 0) is 43.2 Å². The van der Waals surface area contributed by atoms with Crippen LogP contribution in [-0.4, -0.2) is 26.0 Å². The summed E-state index contributed by atoms with van der Waals surface area (Å²) in [5.74, 6) is -4.78. The number of amides is 1. The molecule has 0 radical (unpaired) electrons. The summed E-state index contributed by atoms with van der Waals surface area (Å²) in [4.78, 5) is 13.3. The molecule has 6 nitrogen and oxygen atoms in total. The van der Waals surface area contributed by atoms with Crippen LogP contribution in [0.2, 0.25) is 0 Å². The maximum absolute atomic E-state index is 14.1. The second kappa shape index (κ2) is 8.71. The Kier molecular flexibility index (Phi) is 6.54. The molecule has 0 aromatic heterocycles. The van der Waals surface area contributed by atoms with E-state index in [1.165, 1.54) is 0 Å². The number of nitrogens with one attached hydrogen (secondary N) is 3. The van der Waals surface area contributed by atoms with Gasteiger partial charge in [-0.2, -0.15) is 13.2 Å². The van der Waals surface area contributed by atoms with Gasteiger partial charge in [0.1, 0.15) is 11.4 Å². The van der Waals surface area contributed by atoms with Crippen molar-refractivity contribution in [3.63, 3.8) is 0 Å². The van der Waals surface area contributed by atoms with Crippen molar-refractivity contribution in [2.45, 2.75) is 42.3 Å². The normalized spacial score (nSPS) is 16.2. The van der Waals surface area contributed by atoms with Crippen molar-refractivity contribution in [2.24, 2.45) is 0 Å². The molecule has 2 aromatic rings. The molecule has 0 saturated heterocycles. The largest absolute Gasteiger partial charge is 0.407 e. The molecule has 1 fully saturated rings. The third-order valence-electron chi connectivity index (χ3n) is 5.09. The number of carbonyl (C=O) groups is 1. The Morgan fingerprint density at radius 2 is 1.53 bits per heavy atom. The number of sulfonamides is 1. The monoisotopic (exact) mass is 481 g/mol. The van der Waals surface area contributed by atoms with Gasteiger partial charge in [0.25, 0.3) is 15.9 Å². The molecule has 0 unspecified atom stereocenters. The van der Waals surface area contributed by atoms with Crippen molar-refractivity contribution in [3.05, 3.63) is 59.4 Å². The molecule has 0 heterocycles. The van der Waals surface area contributed by atoms with Gasteiger partial charge >= 0.3 is 6.18 Å². The van der Waals surface area contributed by atoms with Gasteiger partial charge in [-0.15, -0.1) is 4.83 Å². The lowest BCUT2D eigenvalue weighted by Gasteiger charge is -2.32. The average molecular weight is 481 g/mol. The molecular weight excluding hydrogens is 464 g/mol. The Balaban J connectivity index is 1.82. The summed E-state index contributed by atoms with van der Waals surface area (Å²) >= 11 is 0. The molecule has 0 bridgehead atoms. The zero-order valence-corrected chi connectivity index (χ0v) is 17.0. The highest BCUT2D eigenvalue weighted by Gasteiger charge is 2.56. The van der Waals surface area contributed by atoms with E-state index in [2.05, 4.69) is 5.32 Å². The van der Waals surface area contributed by atoms with Crippen molar-refractivity contribution >= 4 is 21.6 Å². The molecule has 0 atom stereocenters. The fourth-order valence-electron chi connectivity index (χ4n) is 3.30. The van der Waals surface area contributed by atoms with Crippen LogP contribution in [0.4, 0.5) is 32.0 Å². The van der Waals surface area contributed by atoms with Crippen LogP contribution in [0.15, 0.2) is 41.3 Å². The summed E-state index contributed by atoms with van der Waals surface area (Å²) in [5.41, 5.74) is -1.58. The van der Waals surface area contributed by atoms with Gasteiger partial charge in [-0.25, -0.2) is 27.0 Å². The summed E-state index contributed by atoms with van der Waals surface area (Å²) in [6.07, 6.45) is -4.88. The number of anilines is 1. The molecule has 1 aliphatic rings. The highest BCUT2D eigenvalue weighted by Crippen LogP contribution is 2.42. The van der Waals surface area contributed by atoms with Gasteiger partial charge < -0.3 is 5.32 Å². The van der Waals surface area contributed by atoms with Crippen LogP contribution < -0.4 is 15.6 Å². The fraction of sp³-hybridized carbons (Fsp3) is 0.316. The number of benzene rings is 2. The van der Waals surface area contributed by atoms with E-state index in [0.29, 0.717) is 18.2 Å². The number of alkyl halides is 3. The average Bonchev–Trinajstić information content (AvgIpc) is 3.20. The van der Waals surface area contributed by atoms with E-state index in [0.717, 1.165) is 18.2 Å². The molecular formula is C19H17F6N3O3S. The summed E-state index contributed by atoms with van der Waals surface area (Å²) in [6, 6.07) is 4.38. The molecule has 1 saturated carbocycles. The van der Waals surface area contributed by atoms with Crippen molar-refractivity contribution in [2.75, 3.05) is 5.32 Å². The van der Waals surface area contributed by atoms with Crippen LogP contribution in [0.3, 0.4) is 0 Å². The Hall–Kier alpha value is -2.64. The molecule has 1 aliphatic carbocycles. The van der Waals surface area contributed by atoms with Gasteiger partial charge in [0.05, 0.1) is 10.5 Å². The molecule has 32 heavy (non-hydrogen) atoms. The zero-order chi connectivity index (χ0) is 23.7. The standard InChI is InChI=1S/C19H17F6N3O3S/c20-14-6-4-12(10-13(14)17(29)26-11-3-5-15(21)16(22)9-11)32(30,31)28-27-18(19(23,24)25)7-1-2-8-18/h3-6,9-10,27-28H,1-2,7-8H2,(H,26,29). The highest BCUT2D eigenvalue weighted by molar-refractivity contribution is 7.89. The fourth-order valence-corrected chi connectivity index (χ4v) is 4.27. The first-order chi connectivity index (χ1) is 14.8. The molecule has 3 N–H and O–H groups in total. The number of hydrogen-bond acceptors (Lipinski definition) is 4. The minimum absolute atomic E-state index is 0.227. The molecule has 174 valence electrons. The van der Waals surface area contributed by atoms with Gasteiger partial charge in [-0.1, -0.05) is 12.8 Å². The molecule has 13 heteroatoms. The van der Waals surface area contributed by atoms with Gasteiger partial charge in [0.15, 0.2) is 11.6 Å². The van der Waals surface area contributed by atoms with E-state index >= 15 is 0 Å². The highest BCUT2D eigenvalue weighted by atomic mass is 32.2. The van der Waals surface area contributed by atoms with E-state index in [4.69, 9.17) is 0 Å². The summed E-state index contributed by atoms with van der Waals surface area (Å²) in [6.45, 7) is 0. The van der Waals surface area contributed by atoms with E-state index in [-0.39, 0.29) is 31.4 Å². The summed E-state index contributed by atoms with van der Waals surface area (Å²) in [7, 11) is -4.62. The van der Waals surface area contributed by atoms with E-state index in [9.17, 15) is 39.6 Å². The molecule has 0 spiro atoms. The number of halogens is 6. The minimum atomic E-state index is -4.72. The van der Waals surface area contributed by atoms with E-state index in [1.54, 1.807) is 4.83 Å². The van der Waals surface area contributed by atoms with Crippen LogP contribution in [0.25, 0.3) is 0 Å². The Morgan fingerprint density at radius 3 is 2.12 bits per heavy atom. The van der Waals surface area contributed by atoms with Crippen LogP contribution >= 0.6 is 0 Å². The number of hydrazine groups is 1. The summed E-state index contributed by atoms with van der Waals surface area (Å²) < 4.78 is 106. The van der Waals surface area contributed by atoms with E-state index in [1.807, 2.05) is 5.43 Å². The molecule has 3 rings (SSSR count). The van der Waals surface area contributed by atoms with Crippen molar-refractivity contribution in [1.29, 1.82) is 0 Å². The van der Waals surface area contributed by atoms with Crippen LogP contribution in [0.1, 0.15) is 36.0 Å². The van der Waals surface area contributed by atoms with E-state index < -0.39 is 55.6 Å². The van der Waals surface area contributed by atoms with Crippen LogP contribution in [0, 0.1) is 17.5 Å². The van der Waals surface area contributed by atoms with Gasteiger partial charge in [0.2, 0.25) is 0 Å². The van der Waals surface area contributed by atoms with Gasteiger partial charge in [-0.3, -0.25) is 4.79 Å². The predicted molar refractivity (Wildman–Crippen MR) is 101 cm³/mol. The lowest BCUT2D eigenvalue weighted by molar-refractivity contribution is -0.196. The summed E-state index contributed by atoms with van der Waals surface area (Å²) in [5, 5.41) is 2.08. The first kappa shape index (κ1) is 24.0. The first-order valence-electron chi connectivity index (χ1n) is 9.26. The Labute approximate surface area is 179 Å². The minimum Gasteiger partial charge on any atom is -0.322 e. The first-order valence-corrected chi connectivity index (χ1v) is 10.7. The molecule has 1 amide bonds. The Bertz CT molecular complexity index is 1130. The van der Waals surface area contributed by atoms with Crippen LogP contribution in [-0.2, 0) is 10.0 Å². The second-order valence-corrected chi connectivity index (χ2v) is 8.92. The molecule has 0 aliphatic heterocycles. The predicted octanol–water partition coefficient (Wildman–Crippen LogP) is 4.01. The zero-order valence-electron chi connectivity index (χ0n) is 16.2. The third-order valence-corrected chi connectivity index (χ3v) is 6.34. The maximum Gasteiger partial charge on any atom is 0.407 e. The lowest BCUT2D eigenvalue weighted by Crippen LogP contribution is -2.60. The smallest absolute Gasteiger partial charge is 0.322 e. The van der Waals surface area contributed by atoms with Crippen molar-refractivity contribution < 1.29 is 39.6 Å². The molecule has 2 aromatic carbocycles. The number of carbonyl (C=O) groups excluding carboxylic acids is 1. The maximum atomic E-state index is 14.1. The number of hydrogen-bond donors (Lipinski definition) is 3. The SMILES string of the molecule is O=C(Nc1ccc(F)c(F)c1)c1cc(S(=O)(=O)NNC2(C(F)(F)F)CCCC2)ccc1F. The lowest BCUT2D eigenvalue weighted by atomic mass is 9.98.